The first kappa shape index (κ1) is 17.6. The van der Waals surface area contributed by atoms with Gasteiger partial charge in [0.15, 0.2) is 10.5 Å². The van der Waals surface area contributed by atoms with Crippen LogP contribution in [0.3, 0.4) is 0 Å². The number of ether oxygens (including phenoxy) is 1. The molecule has 0 amide bonds. The molecule has 25 heavy (non-hydrogen) atoms. The van der Waals surface area contributed by atoms with Crippen LogP contribution in [0.1, 0.15) is 25.0 Å². The molecule has 0 bridgehead atoms. The SMILES string of the molecule is C[S+]([O-])c1ccc(C2=C(c3cccc(F)c3)C(=O)C(C)(C)O2)c(F)c1. The van der Waals surface area contributed by atoms with Gasteiger partial charge in [0.05, 0.1) is 11.1 Å². The standard InChI is InChI=1S/C19H16F2O3S/c1-19(2)18(22)16(11-5-4-6-12(20)9-11)17(24-19)14-8-7-13(25(3)23)10-15(14)21/h4-10H,1-3H3. The lowest BCUT2D eigenvalue weighted by atomic mass is 9.92. The number of carbonyl (C=O) groups is 1. The Hall–Kier alpha value is -2.18. The topological polar surface area (TPSA) is 49.4 Å². The van der Waals surface area contributed by atoms with Crippen molar-refractivity contribution in [1.82, 2.24) is 0 Å². The summed E-state index contributed by atoms with van der Waals surface area (Å²) in [7, 11) is 0. The number of hydrogen-bond acceptors (Lipinski definition) is 3. The van der Waals surface area contributed by atoms with Crippen LogP contribution in [-0.2, 0) is 20.7 Å². The zero-order valence-corrected chi connectivity index (χ0v) is 14.7. The fraction of sp³-hybridized carbons (Fsp3) is 0.211. The van der Waals surface area contributed by atoms with Gasteiger partial charge in [-0.25, -0.2) is 8.78 Å². The summed E-state index contributed by atoms with van der Waals surface area (Å²) < 4.78 is 45.4. The third-order valence-corrected chi connectivity index (χ3v) is 4.91. The highest BCUT2D eigenvalue weighted by Crippen LogP contribution is 2.42. The molecule has 1 aliphatic heterocycles. The Morgan fingerprint density at radius 1 is 1.12 bits per heavy atom. The van der Waals surface area contributed by atoms with Crippen molar-refractivity contribution in [3.05, 3.63) is 65.2 Å². The van der Waals surface area contributed by atoms with Crippen LogP contribution < -0.4 is 0 Å². The molecule has 1 unspecified atom stereocenters. The van der Waals surface area contributed by atoms with E-state index in [1.807, 2.05) is 0 Å². The third-order valence-electron chi connectivity index (χ3n) is 3.99. The Bertz CT molecular complexity index is 888. The summed E-state index contributed by atoms with van der Waals surface area (Å²) in [5, 5.41) is 0. The minimum atomic E-state index is -1.33. The summed E-state index contributed by atoms with van der Waals surface area (Å²) in [6, 6.07) is 9.63. The maximum atomic E-state index is 14.6. The molecular weight excluding hydrogens is 346 g/mol. The van der Waals surface area contributed by atoms with Crippen molar-refractivity contribution in [2.75, 3.05) is 6.26 Å². The fourth-order valence-corrected chi connectivity index (χ4v) is 3.24. The minimum Gasteiger partial charge on any atom is -0.612 e. The molecule has 0 saturated heterocycles. The first-order valence-electron chi connectivity index (χ1n) is 7.58. The molecule has 6 heteroatoms. The van der Waals surface area contributed by atoms with Gasteiger partial charge in [-0.15, -0.1) is 0 Å². The molecule has 0 N–H and O–H groups in total. The minimum absolute atomic E-state index is 0.0616. The van der Waals surface area contributed by atoms with E-state index >= 15 is 0 Å². The molecule has 0 aliphatic carbocycles. The highest BCUT2D eigenvalue weighted by molar-refractivity contribution is 7.90. The van der Waals surface area contributed by atoms with E-state index in [0.29, 0.717) is 10.5 Å². The van der Waals surface area contributed by atoms with E-state index < -0.39 is 28.4 Å². The average Bonchev–Trinajstić information content (AvgIpc) is 2.77. The number of carbonyl (C=O) groups excluding carboxylic acids is 1. The number of halogens is 2. The highest BCUT2D eigenvalue weighted by Gasteiger charge is 2.43. The first-order valence-corrected chi connectivity index (χ1v) is 9.14. The van der Waals surface area contributed by atoms with Crippen molar-refractivity contribution in [2.45, 2.75) is 24.3 Å². The Labute approximate surface area is 147 Å². The van der Waals surface area contributed by atoms with Crippen molar-refractivity contribution < 1.29 is 22.9 Å². The van der Waals surface area contributed by atoms with Crippen molar-refractivity contribution in [2.24, 2.45) is 0 Å². The van der Waals surface area contributed by atoms with Gasteiger partial charge in [0.2, 0.25) is 5.78 Å². The predicted molar refractivity (Wildman–Crippen MR) is 92.1 cm³/mol. The lowest BCUT2D eigenvalue weighted by molar-refractivity contribution is -0.125. The lowest BCUT2D eigenvalue weighted by Crippen LogP contribution is -2.29. The summed E-state index contributed by atoms with van der Waals surface area (Å²) in [6.45, 7) is 3.16. The van der Waals surface area contributed by atoms with Crippen LogP contribution in [0.15, 0.2) is 47.4 Å². The maximum absolute atomic E-state index is 14.6. The molecule has 0 fully saturated rings. The van der Waals surface area contributed by atoms with Gasteiger partial charge < -0.3 is 9.29 Å². The van der Waals surface area contributed by atoms with E-state index in [2.05, 4.69) is 0 Å². The summed E-state index contributed by atoms with van der Waals surface area (Å²) in [5.41, 5.74) is -0.648. The van der Waals surface area contributed by atoms with E-state index in [9.17, 15) is 18.1 Å². The number of benzene rings is 2. The van der Waals surface area contributed by atoms with Crippen molar-refractivity contribution in [1.29, 1.82) is 0 Å². The Morgan fingerprint density at radius 3 is 2.44 bits per heavy atom. The average molecular weight is 362 g/mol. The summed E-state index contributed by atoms with van der Waals surface area (Å²) >= 11 is -1.33. The second-order valence-corrected chi connectivity index (χ2v) is 7.63. The van der Waals surface area contributed by atoms with Crippen molar-refractivity contribution in [3.8, 4) is 0 Å². The number of hydrogen-bond donors (Lipinski definition) is 0. The summed E-state index contributed by atoms with van der Waals surface area (Å²) in [5.74, 6) is -1.44. The van der Waals surface area contributed by atoms with Crippen LogP contribution >= 0.6 is 0 Å². The van der Waals surface area contributed by atoms with Crippen LogP contribution in [0, 0.1) is 11.6 Å². The largest absolute Gasteiger partial charge is 0.612 e. The second-order valence-electron chi connectivity index (χ2n) is 6.25. The second kappa shape index (κ2) is 6.28. The van der Waals surface area contributed by atoms with Gasteiger partial charge in [-0.1, -0.05) is 12.1 Å². The van der Waals surface area contributed by atoms with Gasteiger partial charge in [0, 0.05) is 6.07 Å². The molecule has 130 valence electrons. The number of Topliss-reactive ketones (excluding diaryl/α,β-unsaturated/α-hetero) is 1. The van der Waals surface area contributed by atoms with Gasteiger partial charge in [0.25, 0.3) is 0 Å². The summed E-state index contributed by atoms with van der Waals surface area (Å²) in [6.07, 6.45) is 1.45. The van der Waals surface area contributed by atoms with Gasteiger partial charge in [-0.2, -0.15) is 0 Å². The molecule has 2 aromatic rings. The molecule has 0 spiro atoms. The molecule has 0 saturated carbocycles. The molecule has 0 aromatic heterocycles. The molecule has 1 aliphatic rings. The summed E-state index contributed by atoms with van der Waals surface area (Å²) in [4.78, 5) is 13.1. The Kier molecular flexibility index (Phi) is 4.43. The van der Waals surface area contributed by atoms with E-state index in [4.69, 9.17) is 4.74 Å². The van der Waals surface area contributed by atoms with Gasteiger partial charge >= 0.3 is 0 Å². The first-order chi connectivity index (χ1) is 11.7. The van der Waals surface area contributed by atoms with Crippen LogP contribution in [0.5, 0.6) is 0 Å². The van der Waals surface area contributed by atoms with E-state index in [-0.39, 0.29) is 22.7 Å². The van der Waals surface area contributed by atoms with E-state index in [1.54, 1.807) is 19.9 Å². The number of rotatable bonds is 3. The van der Waals surface area contributed by atoms with E-state index in [0.717, 1.165) is 6.07 Å². The monoisotopic (exact) mass is 362 g/mol. The third kappa shape index (κ3) is 3.19. The molecule has 1 atom stereocenters. The molecule has 3 nitrogen and oxygen atoms in total. The molecule has 0 radical (unpaired) electrons. The van der Waals surface area contributed by atoms with Gasteiger partial charge in [0.1, 0.15) is 23.6 Å². The highest BCUT2D eigenvalue weighted by atomic mass is 32.2. The Balaban J connectivity index is 2.21. The van der Waals surface area contributed by atoms with Crippen LogP contribution in [-0.4, -0.2) is 22.2 Å². The fourth-order valence-electron chi connectivity index (χ4n) is 2.71. The van der Waals surface area contributed by atoms with Crippen molar-refractivity contribution in [3.63, 3.8) is 0 Å². The smallest absolute Gasteiger partial charge is 0.210 e. The van der Waals surface area contributed by atoms with E-state index in [1.165, 1.54) is 36.6 Å². The van der Waals surface area contributed by atoms with Crippen LogP contribution in [0.25, 0.3) is 11.3 Å². The maximum Gasteiger partial charge on any atom is 0.210 e. The van der Waals surface area contributed by atoms with Crippen molar-refractivity contribution >= 4 is 28.3 Å². The predicted octanol–water partition coefficient (Wildman–Crippen LogP) is 3.95. The van der Waals surface area contributed by atoms with Gasteiger partial charge in [-0.05, 0) is 54.9 Å². The Morgan fingerprint density at radius 2 is 1.84 bits per heavy atom. The van der Waals surface area contributed by atoms with Gasteiger partial charge in [-0.3, -0.25) is 4.79 Å². The zero-order valence-electron chi connectivity index (χ0n) is 13.9. The van der Waals surface area contributed by atoms with Crippen LogP contribution in [0.2, 0.25) is 0 Å². The van der Waals surface area contributed by atoms with Crippen LogP contribution in [0.4, 0.5) is 8.78 Å². The number of ketones is 1. The zero-order chi connectivity index (χ0) is 18.4. The molecular formula is C19H16F2O3S. The lowest BCUT2D eigenvalue weighted by Gasteiger charge is -2.18. The molecule has 1 heterocycles. The molecule has 3 rings (SSSR count). The quantitative estimate of drug-likeness (QED) is 0.777. The molecule has 2 aromatic carbocycles. The normalized spacial score (nSPS) is 17.6.